The third kappa shape index (κ3) is 3.78. The van der Waals surface area contributed by atoms with Crippen LogP contribution >= 0.6 is 23.2 Å². The second-order valence-electron chi connectivity index (χ2n) is 4.60. The van der Waals surface area contributed by atoms with Gasteiger partial charge in [-0.1, -0.05) is 30.1 Å². The van der Waals surface area contributed by atoms with Crippen molar-refractivity contribution in [3.05, 3.63) is 46.2 Å². The number of aromatic nitrogens is 1. The highest BCUT2D eigenvalue weighted by Crippen LogP contribution is 2.31. The van der Waals surface area contributed by atoms with Crippen LogP contribution < -0.4 is 10.6 Å². The molecule has 2 aromatic rings. The highest BCUT2D eigenvalue weighted by Gasteiger charge is 2.05. The van der Waals surface area contributed by atoms with Crippen molar-refractivity contribution in [2.45, 2.75) is 20.3 Å². The van der Waals surface area contributed by atoms with E-state index >= 15 is 0 Å². The minimum atomic E-state index is 0.638. The van der Waals surface area contributed by atoms with Gasteiger partial charge in [0.25, 0.3) is 0 Å². The van der Waals surface area contributed by atoms with Gasteiger partial charge in [0.2, 0.25) is 0 Å². The fourth-order valence-corrected chi connectivity index (χ4v) is 2.20. The molecule has 0 atom stereocenters. The lowest BCUT2D eigenvalue weighted by Gasteiger charge is -2.11. The predicted octanol–water partition coefficient (Wildman–Crippen LogP) is 5.26. The highest BCUT2D eigenvalue weighted by atomic mass is 35.5. The van der Waals surface area contributed by atoms with Crippen molar-refractivity contribution in [2.75, 3.05) is 17.2 Å². The van der Waals surface area contributed by atoms with Crippen LogP contribution in [0.3, 0.4) is 0 Å². The van der Waals surface area contributed by atoms with Crippen molar-refractivity contribution in [1.29, 1.82) is 0 Å². The molecule has 5 heteroatoms. The molecular weight excluding hydrogens is 293 g/mol. The van der Waals surface area contributed by atoms with E-state index in [0.29, 0.717) is 10.0 Å². The fourth-order valence-electron chi connectivity index (χ4n) is 1.77. The summed E-state index contributed by atoms with van der Waals surface area (Å²) in [6.45, 7) is 4.97. The van der Waals surface area contributed by atoms with Crippen LogP contribution in [-0.2, 0) is 0 Å². The van der Waals surface area contributed by atoms with Crippen molar-refractivity contribution in [2.24, 2.45) is 0 Å². The van der Waals surface area contributed by atoms with E-state index < -0.39 is 0 Å². The first kappa shape index (κ1) is 14.9. The second-order valence-corrected chi connectivity index (χ2v) is 5.41. The summed E-state index contributed by atoms with van der Waals surface area (Å²) in [5.41, 5.74) is 3.58. The number of pyridine rings is 1. The van der Waals surface area contributed by atoms with E-state index in [4.69, 9.17) is 23.2 Å². The first-order chi connectivity index (χ1) is 9.60. The van der Waals surface area contributed by atoms with E-state index in [1.165, 1.54) is 0 Å². The fraction of sp³-hybridized carbons (Fsp3) is 0.267. The lowest BCUT2D eigenvalue weighted by atomic mass is 10.2. The van der Waals surface area contributed by atoms with Gasteiger partial charge in [-0.25, -0.2) is 0 Å². The van der Waals surface area contributed by atoms with Crippen molar-refractivity contribution in [3.8, 4) is 0 Å². The Balaban J connectivity index is 2.19. The molecular formula is C15H17Cl2N3. The standard InChI is InChI=1S/C15H17Cl2N3/c1-3-4-19-11-6-12(9-18-8-11)20-15-7-13(16)10(2)5-14(15)17/h5-9,19-20H,3-4H2,1-2H3. The summed E-state index contributed by atoms with van der Waals surface area (Å²) in [5, 5.41) is 7.86. The summed E-state index contributed by atoms with van der Waals surface area (Å²) in [5.74, 6) is 0. The van der Waals surface area contributed by atoms with Crippen molar-refractivity contribution in [3.63, 3.8) is 0 Å². The lowest BCUT2D eigenvalue weighted by Crippen LogP contribution is -2.01. The van der Waals surface area contributed by atoms with Gasteiger partial charge in [-0.3, -0.25) is 4.98 Å². The predicted molar refractivity (Wildman–Crippen MR) is 87.5 cm³/mol. The first-order valence-corrected chi connectivity index (χ1v) is 7.27. The van der Waals surface area contributed by atoms with E-state index in [1.54, 1.807) is 12.4 Å². The molecule has 0 radical (unpaired) electrons. The van der Waals surface area contributed by atoms with Gasteiger partial charge < -0.3 is 10.6 Å². The molecule has 0 aliphatic rings. The maximum atomic E-state index is 6.22. The molecule has 20 heavy (non-hydrogen) atoms. The van der Waals surface area contributed by atoms with Crippen LogP contribution in [0.2, 0.25) is 10.0 Å². The smallest absolute Gasteiger partial charge is 0.0644 e. The van der Waals surface area contributed by atoms with Crippen LogP contribution in [0.15, 0.2) is 30.6 Å². The van der Waals surface area contributed by atoms with Gasteiger partial charge in [-0.05, 0) is 37.1 Å². The van der Waals surface area contributed by atoms with Crippen LogP contribution in [0.4, 0.5) is 17.1 Å². The van der Waals surface area contributed by atoms with Gasteiger partial charge >= 0.3 is 0 Å². The Labute approximate surface area is 129 Å². The first-order valence-electron chi connectivity index (χ1n) is 6.51. The number of hydrogen-bond donors (Lipinski definition) is 2. The molecule has 0 saturated heterocycles. The van der Waals surface area contributed by atoms with Crippen LogP contribution in [-0.4, -0.2) is 11.5 Å². The monoisotopic (exact) mass is 309 g/mol. The molecule has 1 aromatic carbocycles. The van der Waals surface area contributed by atoms with Crippen molar-refractivity contribution >= 4 is 40.3 Å². The Morgan fingerprint density at radius 3 is 2.55 bits per heavy atom. The van der Waals surface area contributed by atoms with Crippen molar-refractivity contribution in [1.82, 2.24) is 4.98 Å². The molecule has 106 valence electrons. The average molecular weight is 310 g/mol. The van der Waals surface area contributed by atoms with Gasteiger partial charge in [-0.2, -0.15) is 0 Å². The number of nitrogens with zero attached hydrogens (tertiary/aromatic N) is 1. The molecule has 0 unspecified atom stereocenters. The minimum absolute atomic E-state index is 0.638. The molecule has 3 nitrogen and oxygen atoms in total. The van der Waals surface area contributed by atoms with Gasteiger partial charge in [0.05, 0.1) is 34.5 Å². The van der Waals surface area contributed by atoms with E-state index in [0.717, 1.165) is 35.6 Å². The molecule has 0 spiro atoms. The Morgan fingerprint density at radius 1 is 1.05 bits per heavy atom. The zero-order valence-corrected chi connectivity index (χ0v) is 13.0. The third-order valence-corrected chi connectivity index (χ3v) is 3.56. The van der Waals surface area contributed by atoms with Crippen LogP contribution in [0.25, 0.3) is 0 Å². The maximum absolute atomic E-state index is 6.22. The van der Waals surface area contributed by atoms with Gasteiger partial charge in [0.1, 0.15) is 0 Å². The molecule has 1 heterocycles. The quantitative estimate of drug-likeness (QED) is 0.790. The number of nitrogens with one attached hydrogen (secondary N) is 2. The van der Waals surface area contributed by atoms with Gasteiger partial charge in [0, 0.05) is 11.6 Å². The number of benzene rings is 1. The molecule has 2 N–H and O–H groups in total. The lowest BCUT2D eigenvalue weighted by molar-refractivity contribution is 0.978. The van der Waals surface area contributed by atoms with E-state index in [2.05, 4.69) is 22.5 Å². The van der Waals surface area contributed by atoms with Crippen LogP contribution in [0.1, 0.15) is 18.9 Å². The maximum Gasteiger partial charge on any atom is 0.0644 e. The largest absolute Gasteiger partial charge is 0.384 e. The summed E-state index contributed by atoms with van der Waals surface area (Å²) in [6.07, 6.45) is 4.61. The van der Waals surface area contributed by atoms with E-state index in [9.17, 15) is 0 Å². The summed E-state index contributed by atoms with van der Waals surface area (Å²) < 4.78 is 0. The zero-order chi connectivity index (χ0) is 14.5. The van der Waals surface area contributed by atoms with Gasteiger partial charge in [-0.15, -0.1) is 0 Å². The molecule has 0 bridgehead atoms. The number of halogens is 2. The Kier molecular flexibility index (Phi) is 5.10. The molecule has 0 saturated carbocycles. The molecule has 0 aliphatic carbocycles. The molecule has 0 aliphatic heterocycles. The Hall–Kier alpha value is -1.45. The SMILES string of the molecule is CCCNc1cncc(Nc2cc(Cl)c(C)cc2Cl)c1. The average Bonchev–Trinajstić information content (AvgIpc) is 2.43. The summed E-state index contributed by atoms with van der Waals surface area (Å²) in [4.78, 5) is 4.20. The number of aryl methyl sites for hydroxylation is 1. The number of rotatable bonds is 5. The zero-order valence-electron chi connectivity index (χ0n) is 11.5. The Morgan fingerprint density at radius 2 is 1.80 bits per heavy atom. The second kappa shape index (κ2) is 6.82. The number of hydrogen-bond acceptors (Lipinski definition) is 3. The minimum Gasteiger partial charge on any atom is -0.384 e. The summed E-state index contributed by atoms with van der Waals surface area (Å²) in [6, 6.07) is 5.66. The van der Waals surface area contributed by atoms with E-state index in [-0.39, 0.29) is 0 Å². The normalized spacial score (nSPS) is 10.4. The number of anilines is 3. The van der Waals surface area contributed by atoms with E-state index in [1.807, 2.05) is 25.1 Å². The third-order valence-electron chi connectivity index (χ3n) is 2.84. The van der Waals surface area contributed by atoms with Crippen LogP contribution in [0, 0.1) is 6.92 Å². The molecule has 0 amide bonds. The highest BCUT2D eigenvalue weighted by molar-refractivity contribution is 6.35. The molecule has 0 fully saturated rings. The van der Waals surface area contributed by atoms with Crippen LogP contribution in [0.5, 0.6) is 0 Å². The molecule has 2 rings (SSSR count). The summed E-state index contributed by atoms with van der Waals surface area (Å²) >= 11 is 12.3. The topological polar surface area (TPSA) is 37.0 Å². The Bertz CT molecular complexity index is 600. The molecule has 1 aromatic heterocycles. The van der Waals surface area contributed by atoms with Gasteiger partial charge in [0.15, 0.2) is 0 Å². The summed E-state index contributed by atoms with van der Waals surface area (Å²) in [7, 11) is 0. The van der Waals surface area contributed by atoms with Crippen molar-refractivity contribution < 1.29 is 0 Å².